The Balaban J connectivity index is 2.74. The number of carbonyl (C=O) groups excluding carboxylic acids is 1. The summed E-state index contributed by atoms with van der Waals surface area (Å²) in [5.41, 5.74) is -0.333. The first-order chi connectivity index (χ1) is 7.56. The average molecular weight is 231 g/mol. The molecule has 0 aromatic heterocycles. The number of hydrogen-bond acceptors (Lipinski definition) is 1. The van der Waals surface area contributed by atoms with E-state index >= 15 is 0 Å². The average Bonchev–Trinajstić information content (AvgIpc) is 2.27. The lowest BCUT2D eigenvalue weighted by Crippen LogP contribution is -2.13. The van der Waals surface area contributed by atoms with E-state index in [0.29, 0.717) is 6.42 Å². The van der Waals surface area contributed by atoms with Gasteiger partial charge in [0.25, 0.3) is 0 Å². The van der Waals surface area contributed by atoms with Crippen molar-refractivity contribution in [1.29, 1.82) is 0 Å². The molecule has 88 valence electrons. The van der Waals surface area contributed by atoms with Crippen molar-refractivity contribution in [3.8, 4) is 0 Å². The highest BCUT2D eigenvalue weighted by atomic mass is 19.2. The highest BCUT2D eigenvalue weighted by Crippen LogP contribution is 2.19. The molecular weight excluding hydrogens is 219 g/mol. The first-order valence-corrected chi connectivity index (χ1v) is 4.99. The second-order valence-corrected chi connectivity index (χ2v) is 3.37. The number of hydrogen-bond donors (Lipinski definition) is 1. The molecule has 0 fully saturated rings. The van der Waals surface area contributed by atoms with Crippen molar-refractivity contribution in [3.05, 3.63) is 29.6 Å². The zero-order valence-electron chi connectivity index (χ0n) is 8.82. The maximum absolute atomic E-state index is 13.1. The molecule has 0 unspecified atom stereocenters. The summed E-state index contributed by atoms with van der Waals surface area (Å²) in [5, 5.41) is 2.19. The van der Waals surface area contributed by atoms with Crippen LogP contribution in [0, 0.1) is 17.5 Å². The Hall–Kier alpha value is -1.52. The predicted octanol–water partition coefficient (Wildman–Crippen LogP) is 3.23. The summed E-state index contributed by atoms with van der Waals surface area (Å²) in [4.78, 5) is 11.2. The molecule has 0 saturated heterocycles. The van der Waals surface area contributed by atoms with Crippen LogP contribution in [0.5, 0.6) is 0 Å². The molecule has 0 heterocycles. The molecule has 1 amide bonds. The molecule has 1 N–H and O–H groups in total. The van der Waals surface area contributed by atoms with Crippen molar-refractivity contribution in [2.45, 2.75) is 26.2 Å². The largest absolute Gasteiger partial charge is 0.324 e. The maximum Gasteiger partial charge on any atom is 0.224 e. The minimum Gasteiger partial charge on any atom is -0.324 e. The number of amides is 1. The Bertz CT molecular complexity index is 393. The van der Waals surface area contributed by atoms with Gasteiger partial charge in [-0.3, -0.25) is 4.79 Å². The van der Waals surface area contributed by atoms with Gasteiger partial charge >= 0.3 is 0 Å². The molecule has 1 aromatic rings. The first-order valence-electron chi connectivity index (χ1n) is 4.99. The molecule has 16 heavy (non-hydrogen) atoms. The third-order valence-electron chi connectivity index (χ3n) is 2.07. The molecule has 1 rings (SSSR count). The van der Waals surface area contributed by atoms with E-state index in [9.17, 15) is 18.0 Å². The van der Waals surface area contributed by atoms with Crippen LogP contribution in [-0.2, 0) is 4.79 Å². The Morgan fingerprint density at radius 3 is 2.56 bits per heavy atom. The lowest BCUT2D eigenvalue weighted by molar-refractivity contribution is -0.116. The van der Waals surface area contributed by atoms with Gasteiger partial charge in [0.2, 0.25) is 5.91 Å². The van der Waals surface area contributed by atoms with E-state index in [1.54, 1.807) is 0 Å². The summed E-state index contributed by atoms with van der Waals surface area (Å²) in [6.45, 7) is 1.91. The van der Waals surface area contributed by atoms with E-state index in [0.717, 1.165) is 18.6 Å². The van der Waals surface area contributed by atoms with Crippen molar-refractivity contribution in [2.24, 2.45) is 0 Å². The zero-order chi connectivity index (χ0) is 12.1. The van der Waals surface area contributed by atoms with Crippen LogP contribution in [0.25, 0.3) is 0 Å². The summed E-state index contributed by atoms with van der Waals surface area (Å²) >= 11 is 0. The van der Waals surface area contributed by atoms with Crippen molar-refractivity contribution in [2.75, 3.05) is 5.32 Å². The Morgan fingerprint density at radius 1 is 1.25 bits per heavy atom. The normalized spacial score (nSPS) is 10.2. The van der Waals surface area contributed by atoms with E-state index in [1.165, 1.54) is 0 Å². The summed E-state index contributed by atoms with van der Waals surface area (Å²) in [6, 6.07) is 1.77. The van der Waals surface area contributed by atoms with Crippen molar-refractivity contribution < 1.29 is 18.0 Å². The van der Waals surface area contributed by atoms with Crippen molar-refractivity contribution in [3.63, 3.8) is 0 Å². The third-order valence-corrected chi connectivity index (χ3v) is 2.07. The van der Waals surface area contributed by atoms with Crippen LogP contribution < -0.4 is 5.32 Å². The fourth-order valence-electron chi connectivity index (χ4n) is 1.17. The van der Waals surface area contributed by atoms with Gasteiger partial charge < -0.3 is 5.32 Å². The second kappa shape index (κ2) is 5.53. The predicted molar refractivity (Wildman–Crippen MR) is 54.5 cm³/mol. The van der Waals surface area contributed by atoms with Crippen LogP contribution in [0.2, 0.25) is 0 Å². The fraction of sp³-hybridized carbons (Fsp3) is 0.364. The molecule has 0 aliphatic rings. The van der Waals surface area contributed by atoms with Gasteiger partial charge in [0.05, 0.1) is 5.69 Å². The minimum atomic E-state index is -1.58. The van der Waals surface area contributed by atoms with Gasteiger partial charge in [0.15, 0.2) is 17.5 Å². The quantitative estimate of drug-likeness (QED) is 0.792. The molecule has 5 heteroatoms. The number of rotatable bonds is 4. The summed E-state index contributed by atoms with van der Waals surface area (Å²) < 4.78 is 38.5. The fourth-order valence-corrected chi connectivity index (χ4v) is 1.17. The molecule has 2 nitrogen and oxygen atoms in total. The van der Waals surface area contributed by atoms with Crippen LogP contribution in [0.3, 0.4) is 0 Å². The van der Waals surface area contributed by atoms with E-state index in [4.69, 9.17) is 0 Å². The lowest BCUT2D eigenvalue weighted by Gasteiger charge is -2.06. The first kappa shape index (κ1) is 12.5. The molecule has 0 bridgehead atoms. The van der Waals surface area contributed by atoms with Gasteiger partial charge in [0.1, 0.15) is 0 Å². The maximum atomic E-state index is 13.1. The third kappa shape index (κ3) is 2.98. The zero-order valence-corrected chi connectivity index (χ0v) is 8.82. The molecule has 0 aliphatic heterocycles. The van der Waals surface area contributed by atoms with Crippen molar-refractivity contribution in [1.82, 2.24) is 0 Å². The summed E-state index contributed by atoms with van der Waals surface area (Å²) in [7, 11) is 0. The van der Waals surface area contributed by atoms with Gasteiger partial charge in [-0.2, -0.15) is 0 Å². The van der Waals surface area contributed by atoms with E-state index in [2.05, 4.69) is 5.32 Å². The standard InChI is InChI=1S/C11H12F3NO/c1-2-3-4-9(16)15-8-6-5-7(12)10(13)11(8)14/h5-6H,2-4H2,1H3,(H,15,16). The highest BCUT2D eigenvalue weighted by Gasteiger charge is 2.14. The lowest BCUT2D eigenvalue weighted by atomic mass is 10.2. The molecule has 0 saturated carbocycles. The van der Waals surface area contributed by atoms with Gasteiger partial charge in [-0.05, 0) is 18.6 Å². The van der Waals surface area contributed by atoms with Gasteiger partial charge in [-0.15, -0.1) is 0 Å². The SMILES string of the molecule is CCCCC(=O)Nc1ccc(F)c(F)c1F. The number of halogens is 3. The van der Waals surface area contributed by atoms with Crippen LogP contribution in [-0.4, -0.2) is 5.91 Å². The molecule has 0 atom stereocenters. The number of benzene rings is 1. The summed E-state index contributed by atoms with van der Waals surface area (Å²) in [5.74, 6) is -4.63. The second-order valence-electron chi connectivity index (χ2n) is 3.37. The van der Waals surface area contributed by atoms with Gasteiger partial charge in [0, 0.05) is 6.42 Å². The molecule has 1 aromatic carbocycles. The van der Waals surface area contributed by atoms with E-state index in [-0.39, 0.29) is 12.1 Å². The van der Waals surface area contributed by atoms with Crippen LogP contribution in [0.15, 0.2) is 12.1 Å². The highest BCUT2D eigenvalue weighted by molar-refractivity contribution is 5.90. The van der Waals surface area contributed by atoms with Crippen LogP contribution in [0.1, 0.15) is 26.2 Å². The van der Waals surface area contributed by atoms with E-state index in [1.807, 2.05) is 6.92 Å². The van der Waals surface area contributed by atoms with Gasteiger partial charge in [-0.25, -0.2) is 13.2 Å². The number of anilines is 1. The van der Waals surface area contributed by atoms with Gasteiger partial charge in [-0.1, -0.05) is 13.3 Å². The molecule has 0 aliphatic carbocycles. The number of unbranched alkanes of at least 4 members (excludes halogenated alkanes) is 1. The number of carbonyl (C=O) groups is 1. The molecule has 0 spiro atoms. The smallest absolute Gasteiger partial charge is 0.224 e. The Labute approximate surface area is 91.5 Å². The topological polar surface area (TPSA) is 29.1 Å². The Morgan fingerprint density at radius 2 is 1.94 bits per heavy atom. The van der Waals surface area contributed by atoms with Crippen molar-refractivity contribution >= 4 is 11.6 Å². The molecular formula is C11H12F3NO. The minimum absolute atomic E-state index is 0.231. The number of nitrogens with one attached hydrogen (secondary N) is 1. The molecule has 0 radical (unpaired) electrons. The van der Waals surface area contributed by atoms with Crippen LogP contribution >= 0.6 is 0 Å². The monoisotopic (exact) mass is 231 g/mol. The van der Waals surface area contributed by atoms with E-state index < -0.39 is 23.4 Å². The Kier molecular flexibility index (Phi) is 4.34. The summed E-state index contributed by atoms with van der Waals surface area (Å²) in [6.07, 6.45) is 1.72. The van der Waals surface area contributed by atoms with Crippen LogP contribution in [0.4, 0.5) is 18.9 Å².